The Morgan fingerprint density at radius 1 is 1.29 bits per heavy atom. The van der Waals surface area contributed by atoms with Crippen LogP contribution in [0.15, 0.2) is 36.5 Å². The molecule has 0 spiro atoms. The van der Waals surface area contributed by atoms with E-state index in [4.69, 9.17) is 0 Å². The van der Waals surface area contributed by atoms with Crippen molar-refractivity contribution >= 4 is 10.1 Å². The van der Waals surface area contributed by atoms with Crippen molar-refractivity contribution in [2.75, 3.05) is 0 Å². The van der Waals surface area contributed by atoms with Crippen LogP contribution in [0, 0.1) is 0 Å². The van der Waals surface area contributed by atoms with E-state index >= 15 is 0 Å². The third-order valence-electron chi connectivity index (χ3n) is 2.08. The molecule has 1 rings (SSSR count). The summed E-state index contributed by atoms with van der Waals surface area (Å²) < 4.78 is 66.6. The van der Waals surface area contributed by atoms with Crippen molar-refractivity contribution < 1.29 is 55.7 Å². The fourth-order valence-corrected chi connectivity index (χ4v) is 2.03. The van der Waals surface area contributed by atoms with Crippen LogP contribution in [-0.4, -0.2) is 23.9 Å². The number of alkyl halides is 3. The summed E-state index contributed by atoms with van der Waals surface area (Å²) in [6.45, 7) is 0. The number of halogens is 3. The zero-order valence-corrected chi connectivity index (χ0v) is 11.8. The van der Waals surface area contributed by atoms with Crippen molar-refractivity contribution in [3.8, 4) is 0 Å². The minimum Gasteiger partial charge on any atom is -0.747 e. The number of hydrogen-bond donors (Lipinski definition) is 0. The summed E-state index contributed by atoms with van der Waals surface area (Å²) in [6, 6.07) is 0. The van der Waals surface area contributed by atoms with Crippen LogP contribution in [0.25, 0.3) is 0 Å². The Balaban J connectivity index is 0.00000256. The number of rotatable bonds is 2. The van der Waals surface area contributed by atoms with E-state index in [2.05, 4.69) is 0 Å². The minimum absolute atomic E-state index is 0. The van der Waals surface area contributed by atoms with E-state index in [0.29, 0.717) is 6.08 Å². The van der Waals surface area contributed by atoms with Gasteiger partial charge in [-0.05, 0) is 6.42 Å². The molecule has 1 aliphatic carbocycles. The van der Waals surface area contributed by atoms with E-state index < -0.39 is 21.0 Å². The zero-order chi connectivity index (χ0) is 12.4. The molecule has 17 heavy (non-hydrogen) atoms. The Labute approximate surface area is 119 Å². The third-order valence-corrected chi connectivity index (χ3v) is 3.45. The van der Waals surface area contributed by atoms with Crippen LogP contribution in [0.1, 0.15) is 6.42 Å². The molecule has 0 saturated carbocycles. The van der Waals surface area contributed by atoms with E-state index in [-0.39, 0.29) is 42.1 Å². The molecule has 0 bridgehead atoms. The van der Waals surface area contributed by atoms with Crippen molar-refractivity contribution in [2.24, 2.45) is 0 Å². The van der Waals surface area contributed by atoms with Gasteiger partial charge in [-0.1, -0.05) is 30.4 Å². The molecule has 0 radical (unpaired) electrons. The first-order chi connectivity index (χ1) is 7.16. The Morgan fingerprint density at radius 2 is 1.88 bits per heavy atom. The Hall–Kier alpha value is -0.0800. The van der Waals surface area contributed by atoms with E-state index in [1.165, 1.54) is 18.2 Å². The predicted octanol–water partition coefficient (Wildman–Crippen LogP) is -1.09. The summed E-state index contributed by atoms with van der Waals surface area (Å²) in [5, 5.41) is 0. The fourth-order valence-electron chi connectivity index (χ4n) is 1.25. The van der Waals surface area contributed by atoms with E-state index in [1.54, 1.807) is 0 Å². The summed E-state index contributed by atoms with van der Waals surface area (Å²) in [6.07, 6.45) is 0.203. The number of hydrogen-bond acceptors (Lipinski definition) is 3. The zero-order valence-electron chi connectivity index (χ0n) is 8.94. The summed E-state index contributed by atoms with van der Waals surface area (Å²) >= 11 is 0. The quantitative estimate of drug-likeness (QED) is 0.366. The minimum atomic E-state index is -4.88. The van der Waals surface area contributed by atoms with Crippen LogP contribution in [0.5, 0.6) is 0 Å². The number of allylic oxidation sites excluding steroid dienone is 4. The first kappa shape index (κ1) is 16.9. The summed E-state index contributed by atoms with van der Waals surface area (Å²) in [4.78, 5) is 0. The molecule has 0 saturated heterocycles. The Kier molecular flexibility index (Phi) is 5.68. The first-order valence-electron chi connectivity index (χ1n) is 4.23. The molecule has 0 aromatic rings. The van der Waals surface area contributed by atoms with Gasteiger partial charge < -0.3 is 4.55 Å². The van der Waals surface area contributed by atoms with Crippen molar-refractivity contribution in [1.82, 2.24) is 0 Å². The second-order valence-electron chi connectivity index (χ2n) is 3.28. The first-order valence-corrected chi connectivity index (χ1v) is 5.64. The Bertz CT molecular complexity index is 451. The van der Waals surface area contributed by atoms with Gasteiger partial charge in [-0.3, -0.25) is 0 Å². The van der Waals surface area contributed by atoms with Crippen LogP contribution in [-0.2, 0) is 10.1 Å². The molecular formula is C9H8F3NaO3S. The van der Waals surface area contributed by atoms with Crippen LogP contribution in [0.4, 0.5) is 13.2 Å². The maximum atomic E-state index is 11.9. The van der Waals surface area contributed by atoms with Crippen molar-refractivity contribution in [3.05, 3.63) is 36.5 Å². The summed E-state index contributed by atoms with van der Waals surface area (Å²) in [5.74, 6) is 0. The van der Waals surface area contributed by atoms with Gasteiger partial charge in [0, 0.05) is 6.08 Å². The standard InChI is InChI=1S/C9H9F3O3S.Na/c10-9(11,12)7-6-8(16(13,14)15)4-2-1-3-5-8;/h1-4,6-7H,5H2,(H,13,14,15);/q;+1/p-1. The molecule has 8 heteroatoms. The predicted molar refractivity (Wildman–Crippen MR) is 50.5 cm³/mol. The molecule has 0 aromatic heterocycles. The molecule has 0 N–H and O–H groups in total. The van der Waals surface area contributed by atoms with E-state index in [0.717, 1.165) is 6.08 Å². The molecule has 0 fully saturated rings. The van der Waals surface area contributed by atoms with Crippen LogP contribution in [0.3, 0.4) is 0 Å². The van der Waals surface area contributed by atoms with Gasteiger partial charge in [-0.2, -0.15) is 13.2 Å². The summed E-state index contributed by atoms with van der Waals surface area (Å²) in [7, 11) is -4.88. The van der Waals surface area contributed by atoms with Gasteiger partial charge in [0.2, 0.25) is 0 Å². The van der Waals surface area contributed by atoms with Gasteiger partial charge in [0.25, 0.3) is 0 Å². The van der Waals surface area contributed by atoms with Crippen molar-refractivity contribution in [1.29, 1.82) is 0 Å². The van der Waals surface area contributed by atoms with E-state index in [9.17, 15) is 26.1 Å². The Morgan fingerprint density at radius 3 is 2.24 bits per heavy atom. The van der Waals surface area contributed by atoms with Gasteiger partial charge in [-0.15, -0.1) is 0 Å². The average Bonchev–Trinajstić information content (AvgIpc) is 2.13. The van der Waals surface area contributed by atoms with Gasteiger partial charge >= 0.3 is 35.7 Å². The largest absolute Gasteiger partial charge is 1.00 e. The monoisotopic (exact) mass is 276 g/mol. The molecule has 90 valence electrons. The molecule has 1 aliphatic rings. The third kappa shape index (κ3) is 4.59. The molecule has 1 atom stereocenters. The average molecular weight is 276 g/mol. The van der Waals surface area contributed by atoms with Gasteiger partial charge in [-0.25, -0.2) is 8.42 Å². The van der Waals surface area contributed by atoms with Crippen LogP contribution in [0.2, 0.25) is 0 Å². The maximum absolute atomic E-state index is 11.9. The van der Waals surface area contributed by atoms with E-state index in [1.807, 2.05) is 0 Å². The molecule has 3 nitrogen and oxygen atoms in total. The fraction of sp³-hybridized carbons (Fsp3) is 0.333. The summed E-state index contributed by atoms with van der Waals surface area (Å²) in [5.41, 5.74) is 0. The van der Waals surface area contributed by atoms with Crippen LogP contribution < -0.4 is 29.6 Å². The van der Waals surface area contributed by atoms with Gasteiger partial charge in [0.15, 0.2) is 0 Å². The van der Waals surface area contributed by atoms with Crippen molar-refractivity contribution in [2.45, 2.75) is 17.3 Å². The maximum Gasteiger partial charge on any atom is 1.00 e. The topological polar surface area (TPSA) is 57.2 Å². The second kappa shape index (κ2) is 5.71. The van der Waals surface area contributed by atoms with Gasteiger partial charge in [0.05, 0.1) is 0 Å². The molecule has 0 heterocycles. The smallest absolute Gasteiger partial charge is 0.747 e. The molecule has 0 aromatic carbocycles. The van der Waals surface area contributed by atoms with Crippen LogP contribution >= 0.6 is 0 Å². The molecule has 0 aliphatic heterocycles. The van der Waals surface area contributed by atoms with Crippen molar-refractivity contribution in [3.63, 3.8) is 0 Å². The molecule has 0 amide bonds. The molecule has 1 unspecified atom stereocenters. The molecular weight excluding hydrogens is 268 g/mol. The van der Waals surface area contributed by atoms with Gasteiger partial charge in [0.1, 0.15) is 14.9 Å². The normalized spacial score (nSPS) is 24.9. The SMILES string of the molecule is O=S(=O)([O-])C1(C=CC(F)(F)F)C=CC=CC1.[Na+]. The second-order valence-corrected chi connectivity index (χ2v) is 4.94.